The van der Waals surface area contributed by atoms with Crippen LogP contribution in [0.1, 0.15) is 33.6 Å². The maximum atomic E-state index is 12.2. The van der Waals surface area contributed by atoms with Crippen LogP contribution in [0.3, 0.4) is 0 Å². The molecule has 0 aromatic rings. The fourth-order valence-electron chi connectivity index (χ4n) is 2.40. The van der Waals surface area contributed by atoms with Crippen molar-refractivity contribution in [3.05, 3.63) is 0 Å². The molecule has 2 atom stereocenters. The Morgan fingerprint density at radius 3 is 2.56 bits per heavy atom. The van der Waals surface area contributed by atoms with Crippen LogP contribution in [0.4, 0.5) is 4.79 Å². The van der Waals surface area contributed by atoms with Gasteiger partial charge in [0.05, 0.1) is 0 Å². The van der Waals surface area contributed by atoms with E-state index in [-0.39, 0.29) is 12.1 Å². The number of urea groups is 1. The normalized spacial score (nSPS) is 25.6. The summed E-state index contributed by atoms with van der Waals surface area (Å²) in [5.74, 6) is 0.689. The molecule has 2 unspecified atom stereocenters. The molecule has 4 heteroatoms. The first-order valence-electron chi connectivity index (χ1n) is 6.39. The Morgan fingerprint density at radius 1 is 1.44 bits per heavy atom. The van der Waals surface area contributed by atoms with Crippen LogP contribution < -0.4 is 5.73 Å². The van der Waals surface area contributed by atoms with Gasteiger partial charge in [0.2, 0.25) is 0 Å². The molecule has 1 rings (SSSR count). The molecule has 4 nitrogen and oxygen atoms in total. The number of carbonyl (C=O) groups excluding carboxylic acids is 1. The van der Waals surface area contributed by atoms with Gasteiger partial charge in [0.1, 0.15) is 0 Å². The van der Waals surface area contributed by atoms with Gasteiger partial charge in [-0.05, 0) is 32.6 Å². The fraction of sp³-hybridized carbons (Fsp3) is 0.917. The molecule has 1 aliphatic heterocycles. The van der Waals surface area contributed by atoms with Gasteiger partial charge in [-0.3, -0.25) is 0 Å². The van der Waals surface area contributed by atoms with Crippen molar-refractivity contribution in [3.63, 3.8) is 0 Å². The molecule has 0 aliphatic carbocycles. The number of nitrogens with two attached hydrogens (primary N) is 1. The van der Waals surface area contributed by atoms with E-state index in [1.54, 1.807) is 0 Å². The molecule has 1 saturated heterocycles. The van der Waals surface area contributed by atoms with E-state index in [1.165, 1.54) is 0 Å². The molecule has 0 radical (unpaired) electrons. The molecule has 0 aromatic heterocycles. The summed E-state index contributed by atoms with van der Waals surface area (Å²) in [6.45, 7) is 9.27. The summed E-state index contributed by atoms with van der Waals surface area (Å²) in [4.78, 5) is 16.1. The average Bonchev–Trinajstić information content (AvgIpc) is 2.30. The standard InChI is InChI=1S/C12H25N3O/c1-4-14(5-2)12(16)15-7-6-10(3)8-11(15)9-13/h10-11H,4-9,13H2,1-3H3. The molecule has 0 spiro atoms. The van der Waals surface area contributed by atoms with E-state index in [0.717, 1.165) is 32.5 Å². The Hall–Kier alpha value is -0.770. The summed E-state index contributed by atoms with van der Waals surface area (Å²) in [6, 6.07) is 0.393. The van der Waals surface area contributed by atoms with Gasteiger partial charge in [-0.15, -0.1) is 0 Å². The van der Waals surface area contributed by atoms with Crippen molar-refractivity contribution in [1.82, 2.24) is 9.80 Å². The zero-order chi connectivity index (χ0) is 12.1. The zero-order valence-corrected chi connectivity index (χ0v) is 10.8. The van der Waals surface area contributed by atoms with Gasteiger partial charge in [0, 0.05) is 32.2 Å². The largest absolute Gasteiger partial charge is 0.328 e. The Labute approximate surface area is 98.8 Å². The highest BCUT2D eigenvalue weighted by Gasteiger charge is 2.30. The van der Waals surface area contributed by atoms with Gasteiger partial charge in [-0.25, -0.2) is 4.79 Å². The summed E-state index contributed by atoms with van der Waals surface area (Å²) >= 11 is 0. The Kier molecular flexibility index (Phi) is 5.06. The molecule has 16 heavy (non-hydrogen) atoms. The second-order valence-corrected chi connectivity index (χ2v) is 4.67. The molecule has 0 aromatic carbocycles. The van der Waals surface area contributed by atoms with E-state index in [2.05, 4.69) is 6.92 Å². The highest BCUT2D eigenvalue weighted by molar-refractivity contribution is 5.74. The summed E-state index contributed by atoms with van der Waals surface area (Å²) in [6.07, 6.45) is 2.15. The first-order valence-corrected chi connectivity index (χ1v) is 6.39. The van der Waals surface area contributed by atoms with Gasteiger partial charge >= 0.3 is 6.03 Å². The Morgan fingerprint density at radius 2 is 2.06 bits per heavy atom. The number of hydrogen-bond acceptors (Lipinski definition) is 2. The van der Waals surface area contributed by atoms with E-state index in [1.807, 2.05) is 23.6 Å². The predicted octanol–water partition coefficient (Wildman–Crippen LogP) is 1.51. The Balaban J connectivity index is 2.66. The first-order chi connectivity index (χ1) is 7.63. The molecule has 0 saturated carbocycles. The van der Waals surface area contributed by atoms with E-state index >= 15 is 0 Å². The van der Waals surface area contributed by atoms with Crippen LogP contribution in [0.2, 0.25) is 0 Å². The second-order valence-electron chi connectivity index (χ2n) is 4.67. The Bertz CT molecular complexity index is 228. The van der Waals surface area contributed by atoms with E-state index < -0.39 is 0 Å². The zero-order valence-electron chi connectivity index (χ0n) is 10.8. The van der Waals surface area contributed by atoms with Crippen LogP contribution in [0.5, 0.6) is 0 Å². The average molecular weight is 227 g/mol. The second kappa shape index (κ2) is 6.09. The third-order valence-corrected chi connectivity index (χ3v) is 3.53. The number of likely N-dealkylation sites (tertiary alicyclic amines) is 1. The highest BCUT2D eigenvalue weighted by atomic mass is 16.2. The molecular weight excluding hydrogens is 202 g/mol. The quantitative estimate of drug-likeness (QED) is 0.794. The minimum absolute atomic E-state index is 0.160. The molecule has 1 aliphatic rings. The number of nitrogens with zero attached hydrogens (tertiary/aromatic N) is 2. The molecule has 94 valence electrons. The maximum Gasteiger partial charge on any atom is 0.320 e. The molecule has 0 bridgehead atoms. The SMILES string of the molecule is CCN(CC)C(=O)N1CCC(C)CC1CN. The molecule has 2 N–H and O–H groups in total. The first kappa shape index (κ1) is 13.3. The van der Waals surface area contributed by atoms with Gasteiger partial charge in [0.25, 0.3) is 0 Å². The monoisotopic (exact) mass is 227 g/mol. The third kappa shape index (κ3) is 2.88. The van der Waals surface area contributed by atoms with Crippen molar-refractivity contribution in [2.24, 2.45) is 11.7 Å². The lowest BCUT2D eigenvalue weighted by molar-refractivity contribution is 0.106. The summed E-state index contributed by atoms with van der Waals surface area (Å²) in [5, 5.41) is 0. The minimum Gasteiger partial charge on any atom is -0.328 e. The smallest absolute Gasteiger partial charge is 0.320 e. The third-order valence-electron chi connectivity index (χ3n) is 3.53. The maximum absolute atomic E-state index is 12.2. The molecule has 1 heterocycles. The summed E-state index contributed by atoms with van der Waals surface area (Å²) in [7, 11) is 0. The van der Waals surface area contributed by atoms with Gasteiger partial charge in [0.15, 0.2) is 0 Å². The molecule has 1 fully saturated rings. The minimum atomic E-state index is 0.160. The lowest BCUT2D eigenvalue weighted by Gasteiger charge is -2.40. The van der Waals surface area contributed by atoms with Crippen molar-refractivity contribution < 1.29 is 4.79 Å². The van der Waals surface area contributed by atoms with E-state index in [4.69, 9.17) is 5.73 Å². The summed E-state index contributed by atoms with van der Waals surface area (Å²) in [5.41, 5.74) is 5.76. The van der Waals surface area contributed by atoms with E-state index in [9.17, 15) is 4.79 Å². The predicted molar refractivity (Wildman–Crippen MR) is 66.3 cm³/mol. The van der Waals surface area contributed by atoms with Crippen LogP contribution in [0, 0.1) is 5.92 Å². The molecule has 2 amide bonds. The van der Waals surface area contributed by atoms with Crippen molar-refractivity contribution in [1.29, 1.82) is 0 Å². The van der Waals surface area contributed by atoms with Crippen LogP contribution >= 0.6 is 0 Å². The highest BCUT2D eigenvalue weighted by Crippen LogP contribution is 2.22. The topological polar surface area (TPSA) is 49.6 Å². The number of amides is 2. The van der Waals surface area contributed by atoms with Crippen LogP contribution in [0.25, 0.3) is 0 Å². The number of piperidine rings is 1. The lowest BCUT2D eigenvalue weighted by Crippen LogP contribution is -2.53. The number of carbonyl (C=O) groups is 1. The van der Waals surface area contributed by atoms with Crippen molar-refractivity contribution in [2.75, 3.05) is 26.2 Å². The van der Waals surface area contributed by atoms with Gasteiger partial charge < -0.3 is 15.5 Å². The number of hydrogen-bond donors (Lipinski definition) is 1. The van der Waals surface area contributed by atoms with Crippen molar-refractivity contribution >= 4 is 6.03 Å². The van der Waals surface area contributed by atoms with Crippen molar-refractivity contribution in [3.8, 4) is 0 Å². The van der Waals surface area contributed by atoms with Gasteiger partial charge in [-0.2, -0.15) is 0 Å². The van der Waals surface area contributed by atoms with E-state index in [0.29, 0.717) is 12.5 Å². The van der Waals surface area contributed by atoms with Gasteiger partial charge in [-0.1, -0.05) is 6.92 Å². The molecular formula is C12H25N3O. The fourth-order valence-corrected chi connectivity index (χ4v) is 2.40. The van der Waals surface area contributed by atoms with Crippen LogP contribution in [0.15, 0.2) is 0 Å². The van der Waals surface area contributed by atoms with Crippen LogP contribution in [-0.2, 0) is 0 Å². The van der Waals surface area contributed by atoms with Crippen LogP contribution in [-0.4, -0.2) is 48.1 Å². The summed E-state index contributed by atoms with van der Waals surface area (Å²) < 4.78 is 0. The van der Waals surface area contributed by atoms with Crippen molar-refractivity contribution in [2.45, 2.75) is 39.7 Å². The number of rotatable bonds is 3. The lowest BCUT2D eigenvalue weighted by atomic mass is 9.93.